The van der Waals surface area contributed by atoms with Gasteiger partial charge < -0.3 is 5.11 Å². The van der Waals surface area contributed by atoms with Crippen molar-refractivity contribution >= 4 is 11.5 Å². The molecule has 0 saturated heterocycles. The summed E-state index contributed by atoms with van der Waals surface area (Å²) in [5.41, 5.74) is 1.95. The number of carboxylic acids is 1. The summed E-state index contributed by atoms with van der Waals surface area (Å²) >= 11 is 0. The minimum Gasteiger partial charge on any atom is -0.478 e. The number of carbonyl (C=O) groups is 1. The maximum Gasteiger partial charge on any atom is 0.331 e. The van der Waals surface area contributed by atoms with Crippen molar-refractivity contribution in [2.24, 2.45) is 0 Å². The lowest BCUT2D eigenvalue weighted by Gasteiger charge is -2.02. The molecule has 1 N–H and O–H groups in total. The maximum absolute atomic E-state index is 10.6. The van der Waals surface area contributed by atoms with Gasteiger partial charge in [-0.25, -0.2) is 4.79 Å². The van der Waals surface area contributed by atoms with Crippen LogP contribution in [0.3, 0.4) is 0 Å². The highest BCUT2D eigenvalue weighted by molar-refractivity contribution is 5.95. The highest BCUT2D eigenvalue weighted by Gasteiger charge is 2.06. The average Bonchev–Trinajstić information content (AvgIpc) is 2.17. The number of aliphatic carboxylic acids is 1. The van der Waals surface area contributed by atoms with Crippen LogP contribution in [0.15, 0.2) is 30.1 Å². The molecule has 0 aliphatic heterocycles. The number of nitrogens with zero attached hydrogens (tertiary/aromatic N) is 1. The van der Waals surface area contributed by atoms with Crippen LogP contribution in [-0.2, 0) is 4.79 Å². The monoisotopic (exact) mass is 177 g/mol. The van der Waals surface area contributed by atoms with Gasteiger partial charge in [-0.05, 0) is 31.1 Å². The molecule has 0 bridgehead atoms. The smallest absolute Gasteiger partial charge is 0.331 e. The van der Waals surface area contributed by atoms with E-state index in [0.29, 0.717) is 5.57 Å². The van der Waals surface area contributed by atoms with E-state index in [4.69, 9.17) is 5.11 Å². The van der Waals surface area contributed by atoms with Gasteiger partial charge in [-0.3, -0.25) is 4.98 Å². The fourth-order valence-corrected chi connectivity index (χ4v) is 0.961. The molecular formula is C10H11NO2. The summed E-state index contributed by atoms with van der Waals surface area (Å²) in [4.78, 5) is 14.6. The van der Waals surface area contributed by atoms with Crippen LogP contribution in [0.4, 0.5) is 0 Å². The molecule has 0 spiro atoms. The maximum atomic E-state index is 10.6. The minimum atomic E-state index is -0.888. The van der Waals surface area contributed by atoms with Gasteiger partial charge in [0.2, 0.25) is 0 Å². The van der Waals surface area contributed by atoms with Crippen LogP contribution in [-0.4, -0.2) is 16.1 Å². The quantitative estimate of drug-likeness (QED) is 0.702. The van der Waals surface area contributed by atoms with Crippen LogP contribution >= 0.6 is 0 Å². The van der Waals surface area contributed by atoms with Crippen molar-refractivity contribution in [3.63, 3.8) is 0 Å². The van der Waals surface area contributed by atoms with E-state index in [1.165, 1.54) is 0 Å². The molecule has 0 amide bonds. The first-order valence-electron chi connectivity index (χ1n) is 3.94. The molecule has 0 aliphatic carbocycles. The van der Waals surface area contributed by atoms with Gasteiger partial charge in [0.25, 0.3) is 0 Å². The Morgan fingerprint density at radius 2 is 2.15 bits per heavy atom. The molecule has 0 aliphatic rings. The minimum absolute atomic E-state index is 0.355. The first-order chi connectivity index (χ1) is 6.13. The lowest BCUT2D eigenvalue weighted by Crippen LogP contribution is -1.99. The van der Waals surface area contributed by atoms with Gasteiger partial charge in [-0.1, -0.05) is 6.07 Å². The largest absolute Gasteiger partial charge is 0.478 e. The van der Waals surface area contributed by atoms with Crippen LogP contribution in [0.5, 0.6) is 0 Å². The Morgan fingerprint density at radius 1 is 1.46 bits per heavy atom. The SMILES string of the molecule is C/C(C(=O)O)=C(\C)c1cccnc1. The molecule has 68 valence electrons. The van der Waals surface area contributed by atoms with Crippen molar-refractivity contribution < 1.29 is 9.90 Å². The van der Waals surface area contributed by atoms with Gasteiger partial charge in [-0.2, -0.15) is 0 Å². The van der Waals surface area contributed by atoms with E-state index in [-0.39, 0.29) is 0 Å². The normalized spacial score (nSPS) is 12.2. The molecule has 13 heavy (non-hydrogen) atoms. The van der Waals surface area contributed by atoms with Crippen molar-refractivity contribution in [2.75, 3.05) is 0 Å². The van der Waals surface area contributed by atoms with Crippen LogP contribution in [0, 0.1) is 0 Å². The van der Waals surface area contributed by atoms with Crippen molar-refractivity contribution in [2.45, 2.75) is 13.8 Å². The number of rotatable bonds is 2. The van der Waals surface area contributed by atoms with Crippen molar-refractivity contribution in [1.82, 2.24) is 4.98 Å². The van der Waals surface area contributed by atoms with E-state index >= 15 is 0 Å². The summed E-state index contributed by atoms with van der Waals surface area (Å²) in [6.07, 6.45) is 3.31. The fourth-order valence-electron chi connectivity index (χ4n) is 0.961. The third kappa shape index (κ3) is 2.15. The van der Waals surface area contributed by atoms with E-state index in [1.807, 2.05) is 6.07 Å². The molecule has 3 nitrogen and oxygen atoms in total. The summed E-state index contributed by atoms with van der Waals surface area (Å²) in [7, 11) is 0. The molecule has 1 rings (SSSR count). The third-order valence-corrected chi connectivity index (χ3v) is 1.98. The zero-order chi connectivity index (χ0) is 9.84. The molecule has 1 aromatic heterocycles. The second kappa shape index (κ2) is 3.85. The predicted molar refractivity (Wildman–Crippen MR) is 50.1 cm³/mol. The summed E-state index contributed by atoms with van der Waals surface area (Å²) in [5, 5.41) is 8.74. The molecule has 0 fully saturated rings. The predicted octanol–water partition coefficient (Wildman–Crippen LogP) is 1.96. The first-order valence-corrected chi connectivity index (χ1v) is 3.94. The molecule has 0 unspecified atom stereocenters. The van der Waals surface area contributed by atoms with E-state index in [1.54, 1.807) is 32.3 Å². The molecule has 0 atom stereocenters. The number of pyridine rings is 1. The third-order valence-electron chi connectivity index (χ3n) is 1.98. The van der Waals surface area contributed by atoms with E-state index in [2.05, 4.69) is 4.98 Å². The van der Waals surface area contributed by atoms with E-state index in [9.17, 15) is 4.79 Å². The van der Waals surface area contributed by atoms with Crippen LogP contribution in [0.1, 0.15) is 19.4 Å². The first kappa shape index (κ1) is 9.45. The molecule has 3 heteroatoms. The fraction of sp³-hybridized carbons (Fsp3) is 0.200. The zero-order valence-electron chi connectivity index (χ0n) is 7.61. The summed E-state index contributed by atoms with van der Waals surface area (Å²) in [6.45, 7) is 3.37. The van der Waals surface area contributed by atoms with Crippen LogP contribution in [0.25, 0.3) is 5.57 Å². The van der Waals surface area contributed by atoms with Crippen molar-refractivity contribution in [3.8, 4) is 0 Å². The molecule has 0 saturated carbocycles. The number of hydrogen-bond donors (Lipinski definition) is 1. The highest BCUT2D eigenvalue weighted by Crippen LogP contribution is 2.16. The Kier molecular flexibility index (Phi) is 2.80. The topological polar surface area (TPSA) is 50.2 Å². The summed E-state index contributed by atoms with van der Waals surface area (Å²) < 4.78 is 0. The Balaban J connectivity index is 3.11. The summed E-state index contributed by atoms with van der Waals surface area (Å²) in [6, 6.07) is 3.63. The molecule has 1 aromatic rings. The summed E-state index contributed by atoms with van der Waals surface area (Å²) in [5.74, 6) is -0.888. The number of hydrogen-bond acceptors (Lipinski definition) is 2. The second-order valence-corrected chi connectivity index (χ2v) is 2.80. The lowest BCUT2D eigenvalue weighted by molar-refractivity contribution is -0.132. The molecular weight excluding hydrogens is 166 g/mol. The second-order valence-electron chi connectivity index (χ2n) is 2.80. The van der Waals surface area contributed by atoms with Crippen LogP contribution in [0.2, 0.25) is 0 Å². The molecule has 0 radical (unpaired) electrons. The van der Waals surface area contributed by atoms with Crippen molar-refractivity contribution in [1.29, 1.82) is 0 Å². The van der Waals surface area contributed by atoms with Gasteiger partial charge >= 0.3 is 5.97 Å². The molecule has 0 aromatic carbocycles. The number of carboxylic acid groups (broad SMARTS) is 1. The van der Waals surface area contributed by atoms with Gasteiger partial charge in [0.05, 0.1) is 0 Å². The standard InChI is InChI=1S/C10H11NO2/c1-7(8(2)10(12)13)9-4-3-5-11-6-9/h3-6H,1-2H3,(H,12,13)/b8-7-. The van der Waals surface area contributed by atoms with E-state index < -0.39 is 5.97 Å². The van der Waals surface area contributed by atoms with Gasteiger partial charge in [-0.15, -0.1) is 0 Å². The molecule has 1 heterocycles. The Morgan fingerprint density at radius 3 is 2.62 bits per heavy atom. The Labute approximate surface area is 76.7 Å². The number of allylic oxidation sites excluding steroid dienone is 1. The van der Waals surface area contributed by atoms with Gasteiger partial charge in [0, 0.05) is 18.0 Å². The van der Waals surface area contributed by atoms with Gasteiger partial charge in [0.15, 0.2) is 0 Å². The van der Waals surface area contributed by atoms with Gasteiger partial charge in [0.1, 0.15) is 0 Å². The van der Waals surface area contributed by atoms with Crippen molar-refractivity contribution in [3.05, 3.63) is 35.7 Å². The van der Waals surface area contributed by atoms with E-state index in [0.717, 1.165) is 11.1 Å². The highest BCUT2D eigenvalue weighted by atomic mass is 16.4. The lowest BCUT2D eigenvalue weighted by atomic mass is 10.0. The van der Waals surface area contributed by atoms with Crippen LogP contribution < -0.4 is 0 Å². The Hall–Kier alpha value is -1.64. The average molecular weight is 177 g/mol. The zero-order valence-corrected chi connectivity index (χ0v) is 7.61. The Bertz CT molecular complexity index is 341. The number of aromatic nitrogens is 1.